The van der Waals surface area contributed by atoms with Crippen molar-refractivity contribution >= 4 is 17.3 Å². The van der Waals surface area contributed by atoms with Crippen molar-refractivity contribution in [1.29, 1.82) is 5.26 Å². The highest BCUT2D eigenvalue weighted by Crippen LogP contribution is 2.21. The van der Waals surface area contributed by atoms with Gasteiger partial charge >= 0.3 is 0 Å². The Hall–Kier alpha value is -2.48. The number of nitriles is 1. The largest absolute Gasteiger partial charge is 0.372 e. The Balaban J connectivity index is 1.96. The smallest absolute Gasteiger partial charge is 0.263 e. The van der Waals surface area contributed by atoms with Crippen LogP contribution in [-0.4, -0.2) is 25.0 Å². The molecule has 1 aromatic rings. The van der Waals surface area contributed by atoms with Gasteiger partial charge in [0.15, 0.2) is 0 Å². The summed E-state index contributed by atoms with van der Waals surface area (Å²) in [5, 5.41) is 15.0. The van der Waals surface area contributed by atoms with Gasteiger partial charge in [-0.2, -0.15) is 5.26 Å². The highest BCUT2D eigenvalue weighted by molar-refractivity contribution is 5.97. The Kier molecular flexibility index (Phi) is 6.68. The maximum absolute atomic E-state index is 12.0. The third-order valence-corrected chi connectivity index (χ3v) is 4.33. The number of anilines is 2. The van der Waals surface area contributed by atoms with Crippen LogP contribution in [-0.2, 0) is 4.79 Å². The lowest BCUT2D eigenvalue weighted by Gasteiger charge is -2.28. The number of hydrogen-bond acceptors (Lipinski definition) is 4. The number of nitrogens with one attached hydrogen (secondary N) is 2. The Morgan fingerprint density at radius 3 is 2.54 bits per heavy atom. The molecule has 0 aliphatic carbocycles. The summed E-state index contributed by atoms with van der Waals surface area (Å²) in [6, 6.07) is 10.1. The fourth-order valence-corrected chi connectivity index (χ4v) is 2.63. The lowest BCUT2D eigenvalue weighted by atomic mass is 10.1. The minimum atomic E-state index is -0.343. The van der Waals surface area contributed by atoms with E-state index in [1.54, 1.807) is 0 Å². The average Bonchev–Trinajstić information content (AvgIpc) is 2.63. The molecular weight excluding hydrogens is 300 g/mol. The van der Waals surface area contributed by atoms with Crippen molar-refractivity contribution in [2.24, 2.45) is 0 Å². The molecule has 5 nitrogen and oxygen atoms in total. The van der Waals surface area contributed by atoms with Crippen LogP contribution in [0.5, 0.6) is 0 Å². The number of benzene rings is 1. The van der Waals surface area contributed by atoms with Gasteiger partial charge in [-0.3, -0.25) is 4.79 Å². The van der Waals surface area contributed by atoms with Crippen LogP contribution in [0.25, 0.3) is 0 Å². The van der Waals surface area contributed by atoms with Crippen molar-refractivity contribution in [3.63, 3.8) is 0 Å². The first-order chi connectivity index (χ1) is 11.6. The second-order valence-corrected chi connectivity index (χ2v) is 6.19. The maximum Gasteiger partial charge on any atom is 0.263 e. The van der Waals surface area contributed by atoms with Gasteiger partial charge in [0, 0.05) is 36.7 Å². The van der Waals surface area contributed by atoms with E-state index < -0.39 is 0 Å². The third-order valence-electron chi connectivity index (χ3n) is 4.33. The Morgan fingerprint density at radius 2 is 1.96 bits per heavy atom. The molecule has 2 rings (SSSR count). The molecule has 2 N–H and O–H groups in total. The van der Waals surface area contributed by atoms with Crippen molar-refractivity contribution in [2.75, 3.05) is 23.3 Å². The molecule has 1 aromatic carbocycles. The molecule has 1 amide bonds. The molecule has 1 unspecified atom stereocenters. The van der Waals surface area contributed by atoms with Crippen molar-refractivity contribution in [2.45, 2.75) is 45.6 Å². The van der Waals surface area contributed by atoms with E-state index in [9.17, 15) is 4.79 Å². The minimum Gasteiger partial charge on any atom is -0.372 e. The van der Waals surface area contributed by atoms with Gasteiger partial charge in [-0.25, -0.2) is 0 Å². The number of rotatable bonds is 6. The summed E-state index contributed by atoms with van der Waals surface area (Å²) in [6.07, 6.45) is 6.11. The lowest BCUT2D eigenvalue weighted by Crippen LogP contribution is -2.33. The maximum atomic E-state index is 12.0. The zero-order valence-corrected chi connectivity index (χ0v) is 14.5. The molecule has 0 radical (unpaired) electrons. The predicted molar refractivity (Wildman–Crippen MR) is 97.7 cm³/mol. The second kappa shape index (κ2) is 8.97. The molecule has 24 heavy (non-hydrogen) atoms. The van der Waals surface area contributed by atoms with Crippen LogP contribution >= 0.6 is 0 Å². The van der Waals surface area contributed by atoms with E-state index in [1.165, 1.54) is 31.1 Å². The fraction of sp³-hybridized carbons (Fsp3) is 0.474. The molecule has 1 fully saturated rings. The number of carbonyl (C=O) groups is 1. The molecule has 5 heteroatoms. The van der Waals surface area contributed by atoms with Gasteiger partial charge in [-0.1, -0.05) is 6.92 Å². The van der Waals surface area contributed by atoms with E-state index >= 15 is 0 Å². The molecular formula is C19H26N4O. The van der Waals surface area contributed by atoms with Crippen molar-refractivity contribution < 1.29 is 4.79 Å². The summed E-state index contributed by atoms with van der Waals surface area (Å²) >= 11 is 0. The number of carbonyl (C=O) groups excluding carboxylic acids is 1. The molecule has 0 bridgehead atoms. The zero-order valence-electron chi connectivity index (χ0n) is 14.5. The van der Waals surface area contributed by atoms with E-state index in [2.05, 4.69) is 27.7 Å². The van der Waals surface area contributed by atoms with Crippen molar-refractivity contribution in [3.05, 3.63) is 36.0 Å². The first kappa shape index (κ1) is 17.9. The molecule has 0 aromatic heterocycles. The summed E-state index contributed by atoms with van der Waals surface area (Å²) in [5.41, 5.74) is 2.16. The lowest BCUT2D eigenvalue weighted by molar-refractivity contribution is -0.117. The molecule has 0 saturated carbocycles. The second-order valence-electron chi connectivity index (χ2n) is 6.19. The van der Waals surface area contributed by atoms with Crippen molar-refractivity contribution in [3.8, 4) is 6.07 Å². The number of amides is 1. The summed E-state index contributed by atoms with van der Waals surface area (Å²) < 4.78 is 0. The first-order valence-corrected chi connectivity index (χ1v) is 8.66. The van der Waals surface area contributed by atoms with E-state index in [-0.39, 0.29) is 17.5 Å². The van der Waals surface area contributed by atoms with Crippen LogP contribution < -0.4 is 15.5 Å². The number of nitrogens with zero attached hydrogens (tertiary/aromatic N) is 2. The zero-order chi connectivity index (χ0) is 17.4. The van der Waals surface area contributed by atoms with Gasteiger partial charge in [0.1, 0.15) is 11.6 Å². The molecule has 1 aliphatic heterocycles. The van der Waals surface area contributed by atoms with E-state index in [4.69, 9.17) is 5.26 Å². The quantitative estimate of drug-likeness (QED) is 0.621. The van der Waals surface area contributed by atoms with Gasteiger partial charge in [0.05, 0.1) is 0 Å². The topological polar surface area (TPSA) is 68.2 Å². The minimum absolute atomic E-state index is 0.0538. The average molecular weight is 326 g/mol. The summed E-state index contributed by atoms with van der Waals surface area (Å²) in [6.45, 7) is 6.13. The Morgan fingerprint density at radius 1 is 1.29 bits per heavy atom. The predicted octanol–water partition coefficient (Wildman–Crippen LogP) is 3.41. The van der Waals surface area contributed by atoms with E-state index in [0.29, 0.717) is 0 Å². The van der Waals surface area contributed by atoms with E-state index in [0.717, 1.165) is 25.2 Å². The highest BCUT2D eigenvalue weighted by Gasteiger charge is 2.12. The molecule has 1 heterocycles. The summed E-state index contributed by atoms with van der Waals surface area (Å²) in [7, 11) is 0. The number of piperidine rings is 1. The Bertz CT molecular complexity index is 609. The van der Waals surface area contributed by atoms with Crippen LogP contribution in [0.4, 0.5) is 11.4 Å². The molecule has 1 atom stereocenters. The van der Waals surface area contributed by atoms with Gasteiger partial charge in [-0.05, 0) is 56.9 Å². The first-order valence-electron chi connectivity index (χ1n) is 8.66. The van der Waals surface area contributed by atoms with Crippen LogP contribution in [0.2, 0.25) is 0 Å². The Labute approximate surface area is 144 Å². The normalized spacial score (nSPS) is 16.2. The van der Waals surface area contributed by atoms with Gasteiger partial charge in [0.2, 0.25) is 0 Å². The highest BCUT2D eigenvalue weighted by atomic mass is 16.1. The van der Waals surface area contributed by atoms with Gasteiger partial charge < -0.3 is 15.5 Å². The molecule has 1 saturated heterocycles. The molecule has 1 aliphatic rings. The number of hydrogen-bond donors (Lipinski definition) is 2. The molecule has 0 spiro atoms. The summed E-state index contributed by atoms with van der Waals surface area (Å²) in [4.78, 5) is 14.4. The van der Waals surface area contributed by atoms with Gasteiger partial charge in [-0.15, -0.1) is 0 Å². The van der Waals surface area contributed by atoms with Crippen LogP contribution in [0.1, 0.15) is 39.5 Å². The van der Waals surface area contributed by atoms with Crippen molar-refractivity contribution in [1.82, 2.24) is 5.32 Å². The fourth-order valence-electron chi connectivity index (χ4n) is 2.63. The summed E-state index contributed by atoms with van der Waals surface area (Å²) in [5.74, 6) is -0.343. The van der Waals surface area contributed by atoms with Crippen LogP contribution in [0.3, 0.4) is 0 Å². The van der Waals surface area contributed by atoms with Crippen LogP contribution in [0, 0.1) is 11.3 Å². The molecule has 128 valence electrons. The third kappa shape index (κ3) is 5.02. The van der Waals surface area contributed by atoms with Crippen LogP contribution in [0.15, 0.2) is 36.0 Å². The monoisotopic (exact) mass is 326 g/mol. The van der Waals surface area contributed by atoms with Gasteiger partial charge in [0.25, 0.3) is 5.91 Å². The van der Waals surface area contributed by atoms with E-state index in [1.807, 2.05) is 32.0 Å². The SMILES string of the molecule is CCC(C)NC(=O)/C(C#N)=C\Nc1ccc(N2CCCCC2)cc1. The standard InChI is InChI=1S/C19H26N4O/c1-3-15(2)22-19(24)16(13-20)14-21-17-7-9-18(10-8-17)23-11-5-4-6-12-23/h7-10,14-15,21H,3-6,11-12H2,1-2H3,(H,22,24)/b16-14-.